The van der Waals surface area contributed by atoms with E-state index >= 15 is 0 Å². The van der Waals surface area contributed by atoms with Crippen LogP contribution in [-0.4, -0.2) is 0 Å². The molecule has 0 saturated heterocycles. The fraction of sp³-hybridized carbons (Fsp3) is 0.455. The average Bonchev–Trinajstić information content (AvgIpc) is 3.08. The molecule has 2 aromatic rings. The molecule has 0 aromatic heterocycles. The molecular formula is C22H36Zr. The Balaban J connectivity index is -0.000000308. The number of hydrogen-bond donors (Lipinski definition) is 0. The molecule has 0 nitrogen and oxygen atoms in total. The maximum atomic E-state index is 2.27. The molecule has 0 N–H and O–H groups in total. The van der Waals surface area contributed by atoms with Crippen LogP contribution in [0.2, 0.25) is 0 Å². The fourth-order valence-electron chi connectivity index (χ4n) is 2.07. The molecule has 128 valence electrons. The van der Waals surface area contributed by atoms with Gasteiger partial charge in [-0.3, -0.25) is 0 Å². The van der Waals surface area contributed by atoms with Gasteiger partial charge in [-0.1, -0.05) is 53.4 Å². The van der Waals surface area contributed by atoms with E-state index in [1.807, 2.05) is 0 Å². The second-order valence-electron chi connectivity index (χ2n) is 6.45. The first-order valence-corrected chi connectivity index (χ1v) is 7.99. The first-order valence-electron chi connectivity index (χ1n) is 7.99. The van der Waals surface area contributed by atoms with Gasteiger partial charge in [-0.05, 0) is 11.8 Å². The molecule has 2 rings (SSSR count). The van der Waals surface area contributed by atoms with E-state index in [0.717, 1.165) is 11.8 Å². The summed E-state index contributed by atoms with van der Waals surface area (Å²) in [4.78, 5) is 0. The van der Waals surface area contributed by atoms with Gasteiger partial charge in [0, 0.05) is 0 Å². The Bertz CT molecular complexity index is 365. The summed E-state index contributed by atoms with van der Waals surface area (Å²) in [6.07, 6.45) is 5.10. The van der Waals surface area contributed by atoms with Crippen molar-refractivity contribution in [3.05, 3.63) is 74.5 Å². The molecule has 23 heavy (non-hydrogen) atoms. The minimum absolute atomic E-state index is 0. The van der Waals surface area contributed by atoms with E-state index in [1.54, 1.807) is 0 Å². The molecule has 0 atom stereocenters. The van der Waals surface area contributed by atoms with E-state index in [-0.39, 0.29) is 41.1 Å². The van der Waals surface area contributed by atoms with Crippen LogP contribution in [0, 0.1) is 26.7 Å². The van der Waals surface area contributed by atoms with Crippen molar-refractivity contribution in [2.75, 3.05) is 0 Å². The maximum absolute atomic E-state index is 2.27. The van der Waals surface area contributed by atoms with Crippen molar-refractivity contribution >= 4 is 0 Å². The molecule has 0 unspecified atom stereocenters. The predicted molar refractivity (Wildman–Crippen MR) is 103 cm³/mol. The molecule has 0 saturated carbocycles. The Morgan fingerprint density at radius 1 is 0.609 bits per heavy atom. The fourth-order valence-corrected chi connectivity index (χ4v) is 2.07. The summed E-state index contributed by atoms with van der Waals surface area (Å²) in [5.41, 5.74) is 2.96. The first kappa shape index (κ1) is 27.4. The van der Waals surface area contributed by atoms with Gasteiger partial charge in [0.05, 0.1) is 0 Å². The Kier molecular flexibility index (Phi) is 19.6. The van der Waals surface area contributed by atoms with Crippen molar-refractivity contribution in [3.63, 3.8) is 0 Å². The van der Waals surface area contributed by atoms with Crippen molar-refractivity contribution in [1.82, 2.24) is 0 Å². The maximum Gasteiger partial charge on any atom is 4.00 e. The molecule has 0 radical (unpaired) electrons. The largest absolute Gasteiger partial charge is 4.00 e. The van der Waals surface area contributed by atoms with E-state index in [9.17, 15) is 0 Å². The number of rotatable bonds is 6. The third kappa shape index (κ3) is 14.9. The second kappa shape index (κ2) is 16.4. The molecule has 0 spiro atoms. The third-order valence-corrected chi connectivity index (χ3v) is 3.48. The Morgan fingerprint density at radius 3 is 1.09 bits per heavy atom. The second-order valence-corrected chi connectivity index (χ2v) is 6.45. The van der Waals surface area contributed by atoms with E-state index < -0.39 is 0 Å². The molecule has 1 heteroatoms. The molecule has 0 fully saturated rings. The molecule has 0 bridgehead atoms. The van der Waals surface area contributed by atoms with Crippen molar-refractivity contribution in [1.29, 1.82) is 0 Å². The summed E-state index contributed by atoms with van der Waals surface area (Å²) in [5, 5.41) is 0. The average molecular weight is 392 g/mol. The van der Waals surface area contributed by atoms with Crippen LogP contribution in [0.3, 0.4) is 0 Å². The van der Waals surface area contributed by atoms with Crippen LogP contribution >= 0.6 is 0 Å². The molecule has 2 aromatic carbocycles. The van der Waals surface area contributed by atoms with Crippen LogP contribution in [0.15, 0.2) is 48.5 Å². The van der Waals surface area contributed by atoms with Crippen LogP contribution in [0.4, 0.5) is 0 Å². The van der Waals surface area contributed by atoms with E-state index in [4.69, 9.17) is 0 Å². The summed E-state index contributed by atoms with van der Waals surface area (Å²) in [7, 11) is 0. The van der Waals surface area contributed by atoms with Gasteiger partial charge in [0.25, 0.3) is 0 Å². The SMILES string of the molecule is CC(C)CC[c-]1cccc1.CC(C)CC[c-]1cccc1.[CH3-].[CH3-].[Zr+4]. The molecule has 0 aliphatic heterocycles. The van der Waals surface area contributed by atoms with Gasteiger partial charge in [0.2, 0.25) is 0 Å². The Labute approximate surface area is 165 Å². The van der Waals surface area contributed by atoms with Gasteiger partial charge >= 0.3 is 26.2 Å². The smallest absolute Gasteiger partial charge is 0.358 e. The number of hydrogen-bond acceptors (Lipinski definition) is 0. The van der Waals surface area contributed by atoms with Crippen molar-refractivity contribution in [3.8, 4) is 0 Å². The van der Waals surface area contributed by atoms with Crippen molar-refractivity contribution in [2.45, 2.75) is 53.4 Å². The minimum Gasteiger partial charge on any atom is -0.358 e. The van der Waals surface area contributed by atoms with Gasteiger partial charge < -0.3 is 14.9 Å². The van der Waals surface area contributed by atoms with Gasteiger partial charge in [-0.15, -0.1) is 0 Å². The topological polar surface area (TPSA) is 0 Å². The normalized spacial score (nSPS) is 9.30. The van der Waals surface area contributed by atoms with E-state index in [2.05, 4.69) is 76.2 Å². The minimum atomic E-state index is 0. The predicted octanol–water partition coefficient (Wildman–Crippen LogP) is 6.89. The summed E-state index contributed by atoms with van der Waals surface area (Å²) in [6.45, 7) is 9.07. The zero-order valence-electron chi connectivity index (χ0n) is 16.1. The van der Waals surface area contributed by atoms with E-state index in [0.29, 0.717) is 0 Å². The van der Waals surface area contributed by atoms with Gasteiger partial charge in [-0.25, -0.2) is 24.3 Å². The van der Waals surface area contributed by atoms with Crippen LogP contribution in [-0.2, 0) is 39.0 Å². The van der Waals surface area contributed by atoms with Crippen molar-refractivity contribution in [2.24, 2.45) is 11.8 Å². The summed E-state index contributed by atoms with van der Waals surface area (Å²) in [5.74, 6) is 1.66. The van der Waals surface area contributed by atoms with Crippen LogP contribution in [0.25, 0.3) is 0 Å². The third-order valence-electron chi connectivity index (χ3n) is 3.48. The molecule has 0 heterocycles. The Hall–Kier alpha value is -0.417. The molecular weight excluding hydrogens is 355 g/mol. The molecule has 0 amide bonds. The van der Waals surface area contributed by atoms with Gasteiger partial charge in [-0.2, -0.15) is 35.4 Å². The standard InChI is InChI=1S/2C10H15.2CH3.Zr/c2*1-9(2)7-8-10-5-3-4-6-10;;;/h2*3-6,9H,7-8H2,1-2H3;2*1H3;/q4*-1;+4. The Morgan fingerprint density at radius 2 is 0.870 bits per heavy atom. The van der Waals surface area contributed by atoms with Crippen molar-refractivity contribution < 1.29 is 26.2 Å². The van der Waals surface area contributed by atoms with Crippen LogP contribution in [0.1, 0.15) is 51.7 Å². The van der Waals surface area contributed by atoms with Crippen LogP contribution < -0.4 is 0 Å². The molecule has 0 aliphatic rings. The number of aryl methyl sites for hydroxylation is 2. The summed E-state index contributed by atoms with van der Waals surface area (Å²) < 4.78 is 0. The van der Waals surface area contributed by atoms with E-state index in [1.165, 1.54) is 36.8 Å². The first-order chi connectivity index (χ1) is 9.58. The van der Waals surface area contributed by atoms with Crippen LogP contribution in [0.5, 0.6) is 0 Å². The summed E-state index contributed by atoms with van der Waals surface area (Å²) >= 11 is 0. The molecule has 0 aliphatic carbocycles. The monoisotopic (exact) mass is 390 g/mol. The van der Waals surface area contributed by atoms with Gasteiger partial charge in [0.15, 0.2) is 0 Å². The zero-order valence-corrected chi connectivity index (χ0v) is 18.6. The van der Waals surface area contributed by atoms with Gasteiger partial charge in [0.1, 0.15) is 0 Å². The summed E-state index contributed by atoms with van der Waals surface area (Å²) in [6, 6.07) is 17.2. The zero-order chi connectivity index (χ0) is 14.8. The quantitative estimate of drug-likeness (QED) is 0.470.